The zero-order valence-electron chi connectivity index (χ0n) is 24.4. The second kappa shape index (κ2) is 11.4. The first-order valence-corrected chi connectivity index (χ1v) is 15.3. The molecule has 3 aliphatic rings. The van der Waals surface area contributed by atoms with Gasteiger partial charge in [-0.05, 0) is 109 Å². The Morgan fingerprint density at radius 2 is 1.41 bits per heavy atom. The monoisotopic (exact) mass is 570 g/mol. The van der Waals surface area contributed by atoms with E-state index in [0.29, 0.717) is 0 Å². The maximum atomic E-state index is 3.96. The van der Waals surface area contributed by atoms with E-state index < -0.39 is 0 Å². The second-order valence-corrected chi connectivity index (χ2v) is 11.7. The van der Waals surface area contributed by atoms with E-state index in [-0.39, 0.29) is 12.2 Å². The highest BCUT2D eigenvalue weighted by Crippen LogP contribution is 2.34. The molecular weight excluding hydrogens is 536 g/mol. The van der Waals surface area contributed by atoms with Crippen LogP contribution in [0.1, 0.15) is 40.0 Å². The van der Waals surface area contributed by atoms with E-state index in [1.54, 1.807) is 0 Å². The summed E-state index contributed by atoms with van der Waals surface area (Å²) in [5.74, 6) is 0. The number of rotatable bonds is 5. The maximum Gasteiger partial charge on any atom is 0.104 e. The fourth-order valence-electron chi connectivity index (χ4n) is 6.43. The highest BCUT2D eigenvalue weighted by Gasteiger charge is 2.26. The van der Waals surface area contributed by atoms with Crippen LogP contribution in [0, 0.1) is 0 Å². The minimum absolute atomic E-state index is 0.0217. The fraction of sp³-hybridized carbons (Fsp3) is 0.100. The lowest BCUT2D eigenvalue weighted by atomic mass is 9.92. The third-order valence-electron chi connectivity index (χ3n) is 8.76. The Bertz CT molecular complexity index is 2040. The Morgan fingerprint density at radius 1 is 0.636 bits per heavy atom. The molecule has 44 heavy (non-hydrogen) atoms. The quantitative estimate of drug-likeness (QED) is 0.173. The van der Waals surface area contributed by atoms with Gasteiger partial charge in [-0.15, -0.1) is 0 Å². The van der Waals surface area contributed by atoms with Crippen LogP contribution in [0.2, 0.25) is 0 Å². The number of dihydropyridines is 2. The molecule has 2 unspecified atom stereocenters. The van der Waals surface area contributed by atoms with Gasteiger partial charge in [-0.2, -0.15) is 0 Å². The molecule has 0 spiro atoms. The Balaban J connectivity index is 1.25. The van der Waals surface area contributed by atoms with Gasteiger partial charge >= 0.3 is 0 Å². The Morgan fingerprint density at radius 3 is 2.18 bits per heavy atom. The van der Waals surface area contributed by atoms with Gasteiger partial charge in [0.05, 0.1) is 6.04 Å². The van der Waals surface area contributed by atoms with E-state index in [4.69, 9.17) is 0 Å². The van der Waals surface area contributed by atoms with Crippen LogP contribution in [0.15, 0.2) is 146 Å². The molecule has 0 bridgehead atoms. The smallest absolute Gasteiger partial charge is 0.104 e. The van der Waals surface area contributed by atoms with E-state index in [9.17, 15) is 0 Å². The minimum Gasteiger partial charge on any atom is -0.387 e. The van der Waals surface area contributed by atoms with Crippen LogP contribution in [-0.4, -0.2) is 13.1 Å². The Hall–Kier alpha value is -5.32. The molecule has 5 aromatic rings. The van der Waals surface area contributed by atoms with Crippen molar-refractivity contribution >= 4 is 38.4 Å². The van der Waals surface area contributed by atoms with Crippen molar-refractivity contribution in [2.45, 2.75) is 12.2 Å². The van der Waals surface area contributed by atoms with E-state index in [0.717, 1.165) is 18.8 Å². The lowest BCUT2D eigenvalue weighted by molar-refractivity contribution is 0.443. The standard InChI is InChI=1S/C40H34N4/c1-3-9-29-19-31(15-13-27(29)7-1)38-24-39(32-16-14-28-8-2-4-10-30(28)20-32)44-40(43-38)37-22-35(33-11-5-17-41-25-33)21-36(23-37)34-12-6-18-42-26-34/h1-17,19-24,26,38,40-44H,18,25H2. The summed E-state index contributed by atoms with van der Waals surface area (Å²) in [7, 11) is 0. The van der Waals surface area contributed by atoms with Gasteiger partial charge in [0.15, 0.2) is 0 Å². The molecule has 0 saturated carbocycles. The van der Waals surface area contributed by atoms with E-state index in [1.807, 2.05) is 6.20 Å². The number of nitrogens with one attached hydrogen (secondary N) is 4. The first-order valence-electron chi connectivity index (χ1n) is 15.3. The third-order valence-corrected chi connectivity index (χ3v) is 8.76. The predicted octanol–water partition coefficient (Wildman–Crippen LogP) is 7.97. The van der Waals surface area contributed by atoms with Crippen LogP contribution in [0.25, 0.3) is 38.4 Å². The summed E-state index contributed by atoms with van der Waals surface area (Å²) in [5, 5.41) is 19.6. The van der Waals surface area contributed by atoms with Crippen LogP contribution in [-0.2, 0) is 0 Å². The number of hydrogen-bond donors (Lipinski definition) is 4. The number of benzene rings is 5. The first kappa shape index (κ1) is 26.3. The van der Waals surface area contributed by atoms with Gasteiger partial charge in [0, 0.05) is 25.0 Å². The van der Waals surface area contributed by atoms with Crippen molar-refractivity contribution in [3.05, 3.63) is 174 Å². The van der Waals surface area contributed by atoms with Crippen LogP contribution < -0.4 is 21.3 Å². The van der Waals surface area contributed by atoms with Crippen molar-refractivity contribution in [2.24, 2.45) is 0 Å². The topological polar surface area (TPSA) is 48.1 Å². The van der Waals surface area contributed by atoms with E-state index in [1.165, 1.54) is 60.5 Å². The second-order valence-electron chi connectivity index (χ2n) is 11.7. The third kappa shape index (κ3) is 5.21. The van der Waals surface area contributed by atoms with Crippen molar-refractivity contribution in [3.8, 4) is 0 Å². The molecule has 3 heterocycles. The maximum absolute atomic E-state index is 3.96. The predicted molar refractivity (Wildman–Crippen MR) is 184 cm³/mol. The SMILES string of the molecule is C1=CNCC(c2cc(C3=CNCC=C3)cc(C3NC(c4ccc5ccccc5c4)=CC(c4ccc5ccccc5c4)N3)c2)=C1. The highest BCUT2D eigenvalue weighted by molar-refractivity contribution is 5.87. The lowest BCUT2D eigenvalue weighted by Gasteiger charge is -2.34. The Kier molecular flexibility index (Phi) is 6.82. The molecule has 8 rings (SSSR count). The molecule has 4 nitrogen and oxygen atoms in total. The largest absolute Gasteiger partial charge is 0.387 e. The van der Waals surface area contributed by atoms with Gasteiger partial charge in [-0.3, -0.25) is 5.32 Å². The molecular formula is C40H34N4. The van der Waals surface area contributed by atoms with E-state index >= 15 is 0 Å². The van der Waals surface area contributed by atoms with Crippen LogP contribution in [0.3, 0.4) is 0 Å². The normalized spacial score (nSPS) is 19.4. The number of fused-ring (bicyclic) bond motifs is 2. The summed E-state index contributed by atoms with van der Waals surface area (Å²) in [4.78, 5) is 0. The van der Waals surface area contributed by atoms with Gasteiger partial charge in [-0.25, -0.2) is 0 Å². The summed E-state index contributed by atoms with van der Waals surface area (Å²) in [6.45, 7) is 1.66. The molecule has 3 aliphatic heterocycles. The summed E-state index contributed by atoms with van der Waals surface area (Å²) in [6, 6.07) is 37.7. The van der Waals surface area contributed by atoms with Crippen LogP contribution >= 0.6 is 0 Å². The molecule has 0 saturated heterocycles. The molecule has 214 valence electrons. The zero-order chi connectivity index (χ0) is 29.3. The Labute approximate surface area is 258 Å². The van der Waals surface area contributed by atoms with Gasteiger partial charge < -0.3 is 16.0 Å². The molecule has 0 amide bonds. The molecule has 4 N–H and O–H groups in total. The molecule has 5 aromatic carbocycles. The molecule has 2 atom stereocenters. The van der Waals surface area contributed by atoms with Gasteiger partial charge in [0.1, 0.15) is 6.17 Å². The van der Waals surface area contributed by atoms with Crippen molar-refractivity contribution in [3.63, 3.8) is 0 Å². The lowest BCUT2D eigenvalue weighted by Crippen LogP contribution is -2.39. The summed E-state index contributed by atoms with van der Waals surface area (Å²) in [5.41, 5.74) is 9.64. The summed E-state index contributed by atoms with van der Waals surface area (Å²) < 4.78 is 0. The minimum atomic E-state index is -0.106. The molecule has 0 aromatic heterocycles. The highest BCUT2D eigenvalue weighted by atomic mass is 15.2. The van der Waals surface area contributed by atoms with Crippen LogP contribution in [0.5, 0.6) is 0 Å². The first-order chi connectivity index (χ1) is 21.8. The van der Waals surface area contributed by atoms with Crippen molar-refractivity contribution in [1.29, 1.82) is 0 Å². The average molecular weight is 571 g/mol. The van der Waals surface area contributed by atoms with Gasteiger partial charge in [-0.1, -0.05) is 91.0 Å². The molecule has 0 radical (unpaired) electrons. The fourth-order valence-corrected chi connectivity index (χ4v) is 6.43. The van der Waals surface area contributed by atoms with Gasteiger partial charge in [0.2, 0.25) is 0 Å². The van der Waals surface area contributed by atoms with Crippen molar-refractivity contribution in [2.75, 3.05) is 13.1 Å². The van der Waals surface area contributed by atoms with E-state index in [2.05, 4.69) is 161 Å². The molecule has 0 fully saturated rings. The van der Waals surface area contributed by atoms with Crippen molar-refractivity contribution in [1.82, 2.24) is 21.3 Å². The van der Waals surface area contributed by atoms with Gasteiger partial charge in [0.25, 0.3) is 0 Å². The number of allylic oxidation sites excluding steroid dienone is 4. The summed E-state index contributed by atoms with van der Waals surface area (Å²) >= 11 is 0. The molecule has 4 heteroatoms. The summed E-state index contributed by atoms with van der Waals surface area (Å²) in [6.07, 6.45) is 15.0. The number of hydrogen-bond acceptors (Lipinski definition) is 4. The van der Waals surface area contributed by atoms with Crippen LogP contribution in [0.4, 0.5) is 0 Å². The zero-order valence-corrected chi connectivity index (χ0v) is 24.4. The van der Waals surface area contributed by atoms with Crippen molar-refractivity contribution < 1.29 is 0 Å². The average Bonchev–Trinajstić information content (AvgIpc) is 3.11. The molecule has 0 aliphatic carbocycles.